The van der Waals surface area contributed by atoms with E-state index in [1.54, 1.807) is 0 Å². The zero-order chi connectivity index (χ0) is 13.9. The van der Waals surface area contributed by atoms with Crippen LogP contribution in [0.5, 0.6) is 0 Å². The van der Waals surface area contributed by atoms with Gasteiger partial charge in [-0.3, -0.25) is 9.69 Å². The van der Waals surface area contributed by atoms with Crippen molar-refractivity contribution in [3.05, 3.63) is 0 Å². The Morgan fingerprint density at radius 1 is 1.56 bits per heavy atom. The molecule has 0 spiro atoms. The molecule has 0 aromatic heterocycles. The van der Waals surface area contributed by atoms with Crippen molar-refractivity contribution in [2.75, 3.05) is 19.7 Å². The van der Waals surface area contributed by atoms with Crippen molar-refractivity contribution in [2.24, 2.45) is 5.92 Å². The maximum Gasteiger partial charge on any atom is 0.309 e. The summed E-state index contributed by atoms with van der Waals surface area (Å²) in [7, 11) is 1.06. The lowest BCUT2D eigenvalue weighted by Gasteiger charge is -2.53. The van der Waals surface area contributed by atoms with Crippen LogP contribution in [-0.2, 0) is 9.53 Å². The summed E-state index contributed by atoms with van der Waals surface area (Å²) in [5.74, 6) is -0.134. The summed E-state index contributed by atoms with van der Waals surface area (Å²) in [4.78, 5) is 14.2. The summed E-state index contributed by atoms with van der Waals surface area (Å²) in [6.07, 6.45) is 1.18. The van der Waals surface area contributed by atoms with E-state index in [1.165, 1.54) is 13.0 Å². The van der Waals surface area contributed by atoms with Crippen molar-refractivity contribution in [1.29, 1.82) is 0 Å². The van der Waals surface area contributed by atoms with E-state index in [0.717, 1.165) is 16.9 Å². The molecule has 2 unspecified atom stereocenters. The number of hydrogen-bond acceptors (Lipinski definition) is 4. The normalized spacial score (nSPS) is 27.1. The molecule has 0 saturated carbocycles. The first kappa shape index (κ1) is 15.7. The van der Waals surface area contributed by atoms with Crippen LogP contribution in [0.15, 0.2) is 0 Å². The molecular weight excluding hydrogens is 244 g/mol. The fourth-order valence-electron chi connectivity index (χ4n) is 2.63. The first-order chi connectivity index (χ1) is 8.30. The fraction of sp³-hybridized carbons (Fsp3) is 0.923. The Morgan fingerprint density at radius 2 is 2.17 bits per heavy atom. The summed E-state index contributed by atoms with van der Waals surface area (Å²) in [5, 5.41) is 0. The van der Waals surface area contributed by atoms with Gasteiger partial charge in [-0.1, -0.05) is 6.92 Å². The lowest BCUT2D eigenvalue weighted by Crippen LogP contribution is -2.64. The van der Waals surface area contributed by atoms with Gasteiger partial charge in [0.15, 0.2) is 0 Å². The second kappa shape index (κ2) is 6.17. The highest BCUT2D eigenvalue weighted by molar-refractivity contribution is 6.04. The Hall–Kier alpha value is -0.393. The highest BCUT2D eigenvalue weighted by Crippen LogP contribution is 2.28. The van der Waals surface area contributed by atoms with Crippen LogP contribution in [0.3, 0.4) is 0 Å². The minimum Gasteiger partial charge on any atom is -0.466 e. The van der Waals surface area contributed by atoms with Crippen molar-refractivity contribution in [3.8, 4) is 0 Å². The summed E-state index contributed by atoms with van der Waals surface area (Å²) >= 11 is 0. The summed E-state index contributed by atoms with van der Waals surface area (Å²) in [6, 6.07) is 0.530. The highest BCUT2D eigenvalue weighted by atomic mass is 28.2. The molecule has 1 heterocycles. The quantitative estimate of drug-likeness (QED) is 0.554. The molecule has 0 aliphatic carbocycles. The maximum absolute atomic E-state index is 11.8. The Bertz CT molecular complexity index is 297. The predicted octanol–water partition coefficient (Wildman–Crippen LogP) is 0.598. The molecule has 1 rings (SSSR count). The molecule has 1 saturated heterocycles. The van der Waals surface area contributed by atoms with Gasteiger partial charge in [-0.05, 0) is 40.7 Å². The largest absolute Gasteiger partial charge is 0.466 e. The molecule has 4 nitrogen and oxygen atoms in total. The van der Waals surface area contributed by atoms with Gasteiger partial charge < -0.3 is 9.30 Å². The van der Waals surface area contributed by atoms with Gasteiger partial charge in [0.1, 0.15) is 0 Å². The Morgan fingerprint density at radius 3 is 2.72 bits per heavy atom. The van der Waals surface area contributed by atoms with Crippen LogP contribution in [0.1, 0.15) is 41.0 Å². The second-order valence-electron chi connectivity index (χ2n) is 5.86. The third-order valence-electron chi connectivity index (χ3n) is 4.21. The van der Waals surface area contributed by atoms with Gasteiger partial charge in [0.05, 0.1) is 28.6 Å². The van der Waals surface area contributed by atoms with E-state index in [2.05, 4.69) is 30.2 Å². The van der Waals surface area contributed by atoms with Crippen LogP contribution in [0, 0.1) is 5.92 Å². The summed E-state index contributed by atoms with van der Waals surface area (Å²) < 4.78 is 7.60. The van der Waals surface area contributed by atoms with Crippen LogP contribution in [0.2, 0.25) is 0 Å². The molecule has 1 aliphatic rings. The lowest BCUT2D eigenvalue weighted by molar-refractivity contribution is -0.150. The van der Waals surface area contributed by atoms with Crippen LogP contribution < -0.4 is 0 Å². The first-order valence-electron chi connectivity index (χ1n) is 6.95. The number of carbonyl (C=O) groups is 1. The van der Waals surface area contributed by atoms with E-state index in [4.69, 9.17) is 4.74 Å². The van der Waals surface area contributed by atoms with Crippen LogP contribution in [0.25, 0.3) is 0 Å². The number of ether oxygens (including phenoxy) is 1. The van der Waals surface area contributed by atoms with Gasteiger partial charge in [0, 0.05) is 12.6 Å². The van der Waals surface area contributed by atoms with Crippen molar-refractivity contribution < 1.29 is 9.53 Å². The van der Waals surface area contributed by atoms with Crippen LogP contribution >= 0.6 is 0 Å². The third kappa shape index (κ3) is 3.33. The summed E-state index contributed by atoms with van der Waals surface area (Å²) in [5.41, 5.74) is 0.0602. The number of nitrogens with zero attached hydrogens (tertiary/aromatic N) is 2. The van der Waals surface area contributed by atoms with Crippen LogP contribution in [-0.4, -0.2) is 57.2 Å². The van der Waals surface area contributed by atoms with Gasteiger partial charge in [-0.2, -0.15) is 0 Å². The predicted molar refractivity (Wildman–Crippen MR) is 77.3 cm³/mol. The first-order valence-corrected chi connectivity index (χ1v) is 7.84. The average molecular weight is 272 g/mol. The SMILES string of the molecule is CCOC(=O)C(C)CN1C(C)CCN([SiH3])C1(C)C. The fourth-order valence-corrected chi connectivity index (χ4v) is 3.14. The van der Waals surface area contributed by atoms with Crippen molar-refractivity contribution in [2.45, 2.75) is 52.7 Å². The molecular formula is C13H28N2O2Si. The van der Waals surface area contributed by atoms with E-state index in [-0.39, 0.29) is 17.6 Å². The van der Waals surface area contributed by atoms with Gasteiger partial charge in [0.25, 0.3) is 0 Å². The van der Waals surface area contributed by atoms with E-state index >= 15 is 0 Å². The molecule has 0 radical (unpaired) electrons. The lowest BCUT2D eigenvalue weighted by atomic mass is 10.00. The minimum atomic E-state index is -0.0778. The topological polar surface area (TPSA) is 32.8 Å². The zero-order valence-corrected chi connectivity index (χ0v) is 14.7. The average Bonchev–Trinajstić information content (AvgIpc) is 2.30. The molecule has 2 atom stereocenters. The molecule has 0 N–H and O–H groups in total. The Balaban J connectivity index is 2.70. The third-order valence-corrected chi connectivity index (χ3v) is 5.75. The maximum atomic E-state index is 11.8. The zero-order valence-electron chi connectivity index (χ0n) is 12.7. The molecule has 1 aliphatic heterocycles. The number of rotatable bonds is 4. The molecule has 0 aromatic carbocycles. The minimum absolute atomic E-state index is 0.0557. The van der Waals surface area contributed by atoms with E-state index in [0.29, 0.717) is 12.6 Å². The van der Waals surface area contributed by atoms with Crippen molar-refractivity contribution in [3.63, 3.8) is 0 Å². The van der Waals surface area contributed by atoms with Crippen LogP contribution in [0.4, 0.5) is 0 Å². The molecule has 0 amide bonds. The Labute approximate surface area is 114 Å². The van der Waals surface area contributed by atoms with Crippen molar-refractivity contribution in [1.82, 2.24) is 9.47 Å². The Kier molecular flexibility index (Phi) is 5.37. The number of carbonyl (C=O) groups excluding carboxylic acids is 1. The van der Waals surface area contributed by atoms with E-state index < -0.39 is 0 Å². The van der Waals surface area contributed by atoms with Gasteiger partial charge in [-0.25, -0.2) is 0 Å². The molecule has 0 aromatic rings. The molecule has 0 bridgehead atoms. The highest BCUT2D eigenvalue weighted by Gasteiger charge is 2.39. The smallest absolute Gasteiger partial charge is 0.309 e. The second-order valence-corrected chi connectivity index (χ2v) is 6.94. The summed E-state index contributed by atoms with van der Waals surface area (Å²) in [6.45, 7) is 13.0. The molecule has 106 valence electrons. The molecule has 1 fully saturated rings. The standard InChI is InChI=1S/C13H28N2O2Si/c1-6-17-12(16)10(2)9-14-11(3)7-8-15(18)13(14,4)5/h10-11H,6-9H2,1-5,18H3. The van der Waals surface area contributed by atoms with E-state index in [9.17, 15) is 4.79 Å². The molecule has 5 heteroatoms. The van der Waals surface area contributed by atoms with Gasteiger partial charge >= 0.3 is 5.97 Å². The number of hydrogen-bond donors (Lipinski definition) is 0. The molecule has 18 heavy (non-hydrogen) atoms. The van der Waals surface area contributed by atoms with E-state index in [1.807, 2.05) is 13.8 Å². The van der Waals surface area contributed by atoms with Crippen molar-refractivity contribution >= 4 is 16.4 Å². The van der Waals surface area contributed by atoms with Gasteiger partial charge in [0.2, 0.25) is 0 Å². The van der Waals surface area contributed by atoms with Gasteiger partial charge in [-0.15, -0.1) is 0 Å². The monoisotopic (exact) mass is 272 g/mol. The number of esters is 1.